The van der Waals surface area contributed by atoms with Crippen molar-refractivity contribution in [2.75, 3.05) is 32.8 Å². The molecule has 0 aliphatic carbocycles. The van der Waals surface area contributed by atoms with Gasteiger partial charge in [0.05, 0.1) is 12.1 Å². The van der Waals surface area contributed by atoms with E-state index in [2.05, 4.69) is 20.1 Å². The SMILES string of the molecule is O=C1CC[C@@]2(CCCN(Cc3nnc(-c4cccnc4)o3)C2)CN1CCCO. The minimum Gasteiger partial charge on any atom is -0.419 e. The Morgan fingerprint density at radius 1 is 1.25 bits per heavy atom. The number of piperidine rings is 2. The summed E-state index contributed by atoms with van der Waals surface area (Å²) in [6.07, 6.45) is 7.85. The zero-order chi connectivity index (χ0) is 19.4. The summed E-state index contributed by atoms with van der Waals surface area (Å²) in [5.74, 6) is 1.32. The molecule has 2 aliphatic heterocycles. The molecule has 1 amide bonds. The fraction of sp³-hybridized carbons (Fsp3) is 0.600. The molecule has 1 atom stereocenters. The highest BCUT2D eigenvalue weighted by Gasteiger charge is 2.41. The zero-order valence-electron chi connectivity index (χ0n) is 16.1. The highest BCUT2D eigenvalue weighted by molar-refractivity contribution is 5.77. The van der Waals surface area contributed by atoms with Gasteiger partial charge in [-0.2, -0.15) is 0 Å². The lowest BCUT2D eigenvalue weighted by Gasteiger charge is -2.48. The van der Waals surface area contributed by atoms with Gasteiger partial charge in [-0.1, -0.05) is 0 Å². The largest absolute Gasteiger partial charge is 0.419 e. The van der Waals surface area contributed by atoms with Gasteiger partial charge in [-0.15, -0.1) is 10.2 Å². The van der Waals surface area contributed by atoms with Crippen molar-refractivity contribution in [3.63, 3.8) is 0 Å². The number of carbonyl (C=O) groups excluding carboxylic acids is 1. The van der Waals surface area contributed by atoms with Gasteiger partial charge in [0.15, 0.2) is 0 Å². The molecule has 2 saturated heterocycles. The molecule has 0 radical (unpaired) electrons. The number of hydrogen-bond donors (Lipinski definition) is 1. The highest BCUT2D eigenvalue weighted by atomic mass is 16.4. The zero-order valence-corrected chi connectivity index (χ0v) is 16.1. The van der Waals surface area contributed by atoms with E-state index >= 15 is 0 Å². The molecule has 8 nitrogen and oxygen atoms in total. The molecule has 1 spiro atoms. The predicted octanol–water partition coefficient (Wildman–Crippen LogP) is 1.72. The number of likely N-dealkylation sites (tertiary alicyclic amines) is 2. The van der Waals surface area contributed by atoms with E-state index in [-0.39, 0.29) is 17.9 Å². The predicted molar refractivity (Wildman–Crippen MR) is 102 cm³/mol. The number of aromatic nitrogens is 3. The van der Waals surface area contributed by atoms with E-state index in [1.165, 1.54) is 0 Å². The van der Waals surface area contributed by atoms with Crippen molar-refractivity contribution in [1.29, 1.82) is 0 Å². The van der Waals surface area contributed by atoms with Gasteiger partial charge in [0.2, 0.25) is 17.7 Å². The maximum absolute atomic E-state index is 12.2. The normalized spacial score (nSPS) is 23.5. The van der Waals surface area contributed by atoms with Crippen molar-refractivity contribution in [3.8, 4) is 11.5 Å². The van der Waals surface area contributed by atoms with Crippen LogP contribution in [0.5, 0.6) is 0 Å². The number of pyridine rings is 1. The molecular weight excluding hydrogens is 358 g/mol. The second kappa shape index (κ2) is 8.36. The number of amides is 1. The fourth-order valence-corrected chi connectivity index (χ4v) is 4.46. The van der Waals surface area contributed by atoms with Gasteiger partial charge in [-0.25, -0.2) is 0 Å². The third-order valence-corrected chi connectivity index (χ3v) is 5.81. The van der Waals surface area contributed by atoms with Crippen molar-refractivity contribution in [3.05, 3.63) is 30.4 Å². The average molecular weight is 385 g/mol. The smallest absolute Gasteiger partial charge is 0.249 e. The van der Waals surface area contributed by atoms with E-state index in [0.717, 1.165) is 44.5 Å². The van der Waals surface area contributed by atoms with Crippen molar-refractivity contribution in [2.45, 2.75) is 38.6 Å². The third-order valence-electron chi connectivity index (χ3n) is 5.81. The average Bonchev–Trinajstić information content (AvgIpc) is 3.18. The first kappa shape index (κ1) is 19.0. The number of aliphatic hydroxyl groups is 1. The highest BCUT2D eigenvalue weighted by Crippen LogP contribution is 2.39. The first-order valence-electron chi connectivity index (χ1n) is 10.0. The molecule has 1 N–H and O–H groups in total. The lowest BCUT2D eigenvalue weighted by Crippen LogP contribution is -2.54. The van der Waals surface area contributed by atoms with Gasteiger partial charge in [-0.3, -0.25) is 14.7 Å². The van der Waals surface area contributed by atoms with Gasteiger partial charge in [0.1, 0.15) is 0 Å². The van der Waals surface area contributed by atoms with Crippen LogP contribution in [-0.4, -0.2) is 68.8 Å². The van der Waals surface area contributed by atoms with Crippen LogP contribution in [0.4, 0.5) is 0 Å². The van der Waals surface area contributed by atoms with E-state index < -0.39 is 0 Å². The summed E-state index contributed by atoms with van der Waals surface area (Å²) in [4.78, 5) is 20.6. The Labute approximate surface area is 164 Å². The van der Waals surface area contributed by atoms with Crippen LogP contribution in [-0.2, 0) is 11.3 Å². The second-order valence-electron chi connectivity index (χ2n) is 7.95. The van der Waals surface area contributed by atoms with Gasteiger partial charge >= 0.3 is 0 Å². The Bertz CT molecular complexity index is 796. The Morgan fingerprint density at radius 2 is 2.18 bits per heavy atom. The van der Waals surface area contributed by atoms with Gasteiger partial charge < -0.3 is 14.4 Å². The van der Waals surface area contributed by atoms with E-state index in [0.29, 0.717) is 37.7 Å². The Hall–Kier alpha value is -2.32. The number of aliphatic hydroxyl groups excluding tert-OH is 1. The first-order chi connectivity index (χ1) is 13.7. The summed E-state index contributed by atoms with van der Waals surface area (Å²) < 4.78 is 5.84. The van der Waals surface area contributed by atoms with Crippen LogP contribution < -0.4 is 0 Å². The van der Waals surface area contributed by atoms with Crippen molar-refractivity contribution in [2.24, 2.45) is 5.41 Å². The topological polar surface area (TPSA) is 95.6 Å². The molecule has 4 heterocycles. The van der Waals surface area contributed by atoms with Crippen LogP contribution in [0.3, 0.4) is 0 Å². The van der Waals surface area contributed by atoms with Gasteiger partial charge in [0.25, 0.3) is 0 Å². The molecule has 0 saturated carbocycles. The molecule has 28 heavy (non-hydrogen) atoms. The van der Waals surface area contributed by atoms with Crippen LogP contribution in [0.2, 0.25) is 0 Å². The summed E-state index contributed by atoms with van der Waals surface area (Å²) in [6, 6.07) is 3.75. The lowest BCUT2D eigenvalue weighted by molar-refractivity contribution is -0.139. The monoisotopic (exact) mass is 385 g/mol. The molecule has 8 heteroatoms. The number of hydrogen-bond acceptors (Lipinski definition) is 7. The second-order valence-corrected chi connectivity index (χ2v) is 7.95. The van der Waals surface area contributed by atoms with Crippen LogP contribution in [0.15, 0.2) is 28.9 Å². The summed E-state index contributed by atoms with van der Waals surface area (Å²) >= 11 is 0. The molecule has 2 aromatic rings. The number of carbonyl (C=O) groups is 1. The van der Waals surface area contributed by atoms with Crippen LogP contribution in [0.25, 0.3) is 11.5 Å². The molecule has 150 valence electrons. The molecule has 2 aliphatic rings. The standard InChI is InChI=1S/C20H27N5O3/c26-11-3-10-25-15-20(7-5-18(25)27)6-2-9-24(14-20)13-17-22-23-19(28-17)16-4-1-8-21-12-16/h1,4,8,12,26H,2-3,5-7,9-11,13-15H2/t20-/m1/s1. The molecule has 4 rings (SSSR count). The van der Waals surface area contributed by atoms with Crippen LogP contribution >= 0.6 is 0 Å². The van der Waals surface area contributed by atoms with Crippen molar-refractivity contribution >= 4 is 5.91 Å². The number of rotatable bonds is 6. The molecule has 0 bridgehead atoms. The lowest BCUT2D eigenvalue weighted by atomic mass is 9.73. The first-order valence-corrected chi connectivity index (χ1v) is 10.0. The summed E-state index contributed by atoms with van der Waals surface area (Å²) in [5, 5.41) is 17.5. The third kappa shape index (κ3) is 4.23. The molecular formula is C20H27N5O3. The molecule has 0 unspecified atom stereocenters. The quantitative estimate of drug-likeness (QED) is 0.809. The summed E-state index contributed by atoms with van der Waals surface area (Å²) in [7, 11) is 0. The maximum Gasteiger partial charge on any atom is 0.249 e. The Kier molecular flexibility index (Phi) is 5.68. The van der Waals surface area contributed by atoms with E-state index in [1.807, 2.05) is 17.0 Å². The maximum atomic E-state index is 12.2. The van der Waals surface area contributed by atoms with Crippen molar-refractivity contribution < 1.29 is 14.3 Å². The van der Waals surface area contributed by atoms with Crippen LogP contribution in [0, 0.1) is 5.41 Å². The molecule has 0 aromatic carbocycles. The van der Waals surface area contributed by atoms with Gasteiger partial charge in [-0.05, 0) is 44.4 Å². The Morgan fingerprint density at radius 3 is 3.00 bits per heavy atom. The number of nitrogens with zero attached hydrogens (tertiary/aromatic N) is 5. The summed E-state index contributed by atoms with van der Waals surface area (Å²) in [6.45, 7) is 4.11. The minimum atomic E-state index is 0.124. The van der Waals surface area contributed by atoms with Gasteiger partial charge in [0, 0.05) is 50.5 Å². The molecule has 2 fully saturated rings. The van der Waals surface area contributed by atoms with Crippen LogP contribution in [0.1, 0.15) is 38.0 Å². The van der Waals surface area contributed by atoms with Crippen molar-refractivity contribution in [1.82, 2.24) is 25.0 Å². The fourth-order valence-electron chi connectivity index (χ4n) is 4.46. The van der Waals surface area contributed by atoms with E-state index in [9.17, 15) is 4.79 Å². The van der Waals surface area contributed by atoms with E-state index in [4.69, 9.17) is 9.52 Å². The molecule has 2 aromatic heterocycles. The summed E-state index contributed by atoms with van der Waals surface area (Å²) in [5.41, 5.74) is 0.954. The van der Waals surface area contributed by atoms with E-state index in [1.54, 1.807) is 12.4 Å². The Balaban J connectivity index is 1.40. The minimum absolute atomic E-state index is 0.124.